The number of aryl methyl sites for hydroxylation is 2. The molecule has 0 saturated carbocycles. The van der Waals surface area contributed by atoms with Crippen LogP contribution in [0.25, 0.3) is 0 Å². The number of aromatic nitrogens is 1. The van der Waals surface area contributed by atoms with Gasteiger partial charge in [-0.2, -0.15) is 0 Å². The van der Waals surface area contributed by atoms with Crippen LogP contribution >= 0.6 is 11.6 Å². The molecule has 0 spiro atoms. The van der Waals surface area contributed by atoms with E-state index in [1.165, 1.54) is 5.56 Å². The SMILES string of the molecule is Cc1cccc(CCC(=O)Nc2cccc(Cl)n2)c1. The van der Waals surface area contributed by atoms with Crippen molar-refractivity contribution in [3.63, 3.8) is 0 Å². The number of pyridine rings is 1. The van der Waals surface area contributed by atoms with Gasteiger partial charge in [-0.3, -0.25) is 4.79 Å². The van der Waals surface area contributed by atoms with Crippen LogP contribution in [-0.4, -0.2) is 10.9 Å². The van der Waals surface area contributed by atoms with E-state index in [1.807, 2.05) is 25.1 Å². The predicted octanol–water partition coefficient (Wildman–Crippen LogP) is 3.61. The van der Waals surface area contributed by atoms with Gasteiger partial charge >= 0.3 is 0 Å². The second-order valence-electron chi connectivity index (χ2n) is 4.38. The van der Waals surface area contributed by atoms with Gasteiger partial charge in [-0.25, -0.2) is 4.98 Å². The molecule has 0 aliphatic rings. The van der Waals surface area contributed by atoms with Crippen LogP contribution in [0.2, 0.25) is 5.15 Å². The van der Waals surface area contributed by atoms with Crippen molar-refractivity contribution in [1.29, 1.82) is 0 Å². The maximum Gasteiger partial charge on any atom is 0.225 e. The van der Waals surface area contributed by atoms with Crippen LogP contribution in [0.4, 0.5) is 5.82 Å². The average molecular weight is 275 g/mol. The third kappa shape index (κ3) is 4.38. The Kier molecular flexibility index (Phi) is 4.53. The molecule has 0 aliphatic carbocycles. The highest BCUT2D eigenvalue weighted by molar-refractivity contribution is 6.29. The summed E-state index contributed by atoms with van der Waals surface area (Å²) in [6, 6.07) is 13.3. The number of nitrogens with zero attached hydrogens (tertiary/aromatic N) is 1. The van der Waals surface area contributed by atoms with Gasteiger partial charge in [0.1, 0.15) is 11.0 Å². The molecule has 1 amide bonds. The molecule has 0 unspecified atom stereocenters. The fourth-order valence-electron chi connectivity index (χ4n) is 1.81. The molecule has 19 heavy (non-hydrogen) atoms. The van der Waals surface area contributed by atoms with Crippen molar-refractivity contribution >= 4 is 23.3 Å². The van der Waals surface area contributed by atoms with Crippen LogP contribution in [0.1, 0.15) is 17.5 Å². The molecule has 0 atom stereocenters. The summed E-state index contributed by atoms with van der Waals surface area (Å²) >= 11 is 5.76. The van der Waals surface area contributed by atoms with Crippen LogP contribution in [0.3, 0.4) is 0 Å². The Morgan fingerprint density at radius 2 is 2.05 bits per heavy atom. The fourth-order valence-corrected chi connectivity index (χ4v) is 1.97. The molecule has 0 fully saturated rings. The van der Waals surface area contributed by atoms with E-state index in [1.54, 1.807) is 18.2 Å². The fraction of sp³-hybridized carbons (Fsp3) is 0.200. The first kappa shape index (κ1) is 13.6. The standard InChI is InChI=1S/C15H15ClN2O/c1-11-4-2-5-12(10-11)8-9-15(19)18-14-7-3-6-13(16)17-14/h2-7,10H,8-9H2,1H3,(H,17,18,19). The van der Waals surface area contributed by atoms with Gasteiger partial charge in [-0.05, 0) is 31.0 Å². The first-order valence-electron chi connectivity index (χ1n) is 6.11. The molecule has 4 heteroatoms. The van der Waals surface area contributed by atoms with Gasteiger partial charge in [-0.1, -0.05) is 47.5 Å². The Morgan fingerprint density at radius 3 is 2.79 bits per heavy atom. The average Bonchev–Trinajstić information content (AvgIpc) is 2.36. The zero-order valence-corrected chi connectivity index (χ0v) is 11.4. The highest BCUT2D eigenvalue weighted by Crippen LogP contribution is 2.11. The molecular formula is C15H15ClN2O. The largest absolute Gasteiger partial charge is 0.311 e. The molecule has 98 valence electrons. The molecule has 0 radical (unpaired) electrons. The molecule has 2 aromatic rings. The number of amides is 1. The molecule has 1 aromatic carbocycles. The Morgan fingerprint density at radius 1 is 1.26 bits per heavy atom. The van der Waals surface area contributed by atoms with Gasteiger partial charge in [0.2, 0.25) is 5.91 Å². The number of halogens is 1. The molecule has 1 heterocycles. The normalized spacial score (nSPS) is 10.2. The first-order chi connectivity index (χ1) is 9.13. The number of anilines is 1. The second kappa shape index (κ2) is 6.34. The van der Waals surface area contributed by atoms with E-state index < -0.39 is 0 Å². The second-order valence-corrected chi connectivity index (χ2v) is 4.77. The van der Waals surface area contributed by atoms with Crippen LogP contribution in [0.15, 0.2) is 42.5 Å². The lowest BCUT2D eigenvalue weighted by Gasteiger charge is -2.05. The number of carbonyl (C=O) groups excluding carboxylic acids is 1. The van der Waals surface area contributed by atoms with Gasteiger partial charge in [0, 0.05) is 6.42 Å². The summed E-state index contributed by atoms with van der Waals surface area (Å²) in [6.07, 6.45) is 1.14. The Labute approximate surface area is 117 Å². The van der Waals surface area contributed by atoms with Crippen LogP contribution < -0.4 is 5.32 Å². The smallest absolute Gasteiger partial charge is 0.225 e. The van der Waals surface area contributed by atoms with Crippen molar-refractivity contribution in [2.45, 2.75) is 19.8 Å². The van der Waals surface area contributed by atoms with Gasteiger partial charge < -0.3 is 5.32 Å². The number of hydrogen-bond donors (Lipinski definition) is 1. The molecule has 1 aromatic heterocycles. The Hall–Kier alpha value is -1.87. The summed E-state index contributed by atoms with van der Waals surface area (Å²) in [5.74, 6) is 0.429. The molecule has 0 aliphatic heterocycles. The van der Waals surface area contributed by atoms with Gasteiger partial charge in [0.05, 0.1) is 0 Å². The van der Waals surface area contributed by atoms with E-state index in [-0.39, 0.29) is 5.91 Å². The van der Waals surface area contributed by atoms with Crippen LogP contribution in [0, 0.1) is 6.92 Å². The molecular weight excluding hydrogens is 260 g/mol. The third-order valence-electron chi connectivity index (χ3n) is 2.71. The number of nitrogens with one attached hydrogen (secondary N) is 1. The molecule has 1 N–H and O–H groups in total. The van der Waals surface area contributed by atoms with Crippen LogP contribution in [0.5, 0.6) is 0 Å². The number of hydrogen-bond acceptors (Lipinski definition) is 2. The van der Waals surface area contributed by atoms with Crippen molar-refractivity contribution in [3.8, 4) is 0 Å². The lowest BCUT2D eigenvalue weighted by Crippen LogP contribution is -2.13. The lowest BCUT2D eigenvalue weighted by atomic mass is 10.1. The summed E-state index contributed by atoms with van der Waals surface area (Å²) in [4.78, 5) is 15.8. The zero-order chi connectivity index (χ0) is 13.7. The predicted molar refractivity (Wildman–Crippen MR) is 77.4 cm³/mol. The Bertz CT molecular complexity index is 584. The minimum Gasteiger partial charge on any atom is -0.311 e. The van der Waals surface area contributed by atoms with Crippen LogP contribution in [-0.2, 0) is 11.2 Å². The van der Waals surface area contributed by atoms with E-state index in [0.717, 1.165) is 5.56 Å². The quantitative estimate of drug-likeness (QED) is 0.866. The lowest BCUT2D eigenvalue weighted by molar-refractivity contribution is -0.116. The topological polar surface area (TPSA) is 42.0 Å². The summed E-state index contributed by atoms with van der Waals surface area (Å²) in [5.41, 5.74) is 2.36. The number of carbonyl (C=O) groups is 1. The minimum absolute atomic E-state index is 0.0590. The molecule has 0 bridgehead atoms. The first-order valence-corrected chi connectivity index (χ1v) is 6.49. The molecule has 3 nitrogen and oxygen atoms in total. The summed E-state index contributed by atoms with van der Waals surface area (Å²) in [5, 5.41) is 3.10. The van der Waals surface area contributed by atoms with E-state index in [9.17, 15) is 4.79 Å². The number of rotatable bonds is 4. The monoisotopic (exact) mass is 274 g/mol. The van der Waals surface area contributed by atoms with E-state index in [4.69, 9.17) is 11.6 Å². The summed E-state index contributed by atoms with van der Waals surface area (Å²) < 4.78 is 0. The van der Waals surface area contributed by atoms with Gasteiger partial charge in [0.15, 0.2) is 0 Å². The molecule has 0 saturated heterocycles. The van der Waals surface area contributed by atoms with Crippen molar-refractivity contribution in [2.75, 3.05) is 5.32 Å². The van der Waals surface area contributed by atoms with Crippen molar-refractivity contribution in [3.05, 3.63) is 58.7 Å². The van der Waals surface area contributed by atoms with Gasteiger partial charge in [0.25, 0.3) is 0 Å². The number of benzene rings is 1. The van der Waals surface area contributed by atoms with Crippen molar-refractivity contribution < 1.29 is 4.79 Å². The third-order valence-corrected chi connectivity index (χ3v) is 2.92. The van der Waals surface area contributed by atoms with E-state index in [0.29, 0.717) is 23.8 Å². The summed E-state index contributed by atoms with van der Waals surface area (Å²) in [7, 11) is 0. The van der Waals surface area contributed by atoms with E-state index >= 15 is 0 Å². The van der Waals surface area contributed by atoms with Crippen molar-refractivity contribution in [2.24, 2.45) is 0 Å². The van der Waals surface area contributed by atoms with Crippen molar-refractivity contribution in [1.82, 2.24) is 4.98 Å². The Balaban J connectivity index is 1.88. The molecule has 2 rings (SSSR count). The highest BCUT2D eigenvalue weighted by Gasteiger charge is 2.04. The highest BCUT2D eigenvalue weighted by atomic mass is 35.5. The van der Waals surface area contributed by atoms with E-state index in [2.05, 4.69) is 16.4 Å². The minimum atomic E-state index is -0.0590. The van der Waals surface area contributed by atoms with Gasteiger partial charge in [-0.15, -0.1) is 0 Å². The maximum absolute atomic E-state index is 11.8. The zero-order valence-electron chi connectivity index (χ0n) is 10.7. The maximum atomic E-state index is 11.8. The summed E-state index contributed by atoms with van der Waals surface area (Å²) in [6.45, 7) is 2.04.